The number of nitrogens with one attached hydrogen (secondary N) is 1. The smallest absolute Gasteiger partial charge is 0.306 e. The molecular weight excluding hydrogens is 338 g/mol. The molecule has 0 saturated heterocycles. The summed E-state index contributed by atoms with van der Waals surface area (Å²) in [6.07, 6.45) is -0.128. The number of carbonyl (C=O) groups is 1. The van der Waals surface area contributed by atoms with E-state index < -0.39 is 17.4 Å². The zero-order chi connectivity index (χ0) is 19.3. The van der Waals surface area contributed by atoms with E-state index in [1.165, 1.54) is 20.3 Å². The first-order chi connectivity index (χ1) is 12.4. The maximum atomic E-state index is 12.5. The molecule has 0 unspecified atom stereocenters. The first kappa shape index (κ1) is 19.4. The Labute approximate surface area is 151 Å². The summed E-state index contributed by atoms with van der Waals surface area (Å²) in [7, 11) is 2.97. The van der Waals surface area contributed by atoms with E-state index in [-0.39, 0.29) is 24.3 Å². The molecule has 0 spiro atoms. The highest BCUT2D eigenvalue weighted by atomic mass is 16.5. The Morgan fingerprint density at radius 1 is 1.27 bits per heavy atom. The minimum atomic E-state index is -0.761. The third kappa shape index (κ3) is 3.99. The number of aryl methyl sites for hydroxylation is 1. The van der Waals surface area contributed by atoms with Crippen LogP contribution < -0.4 is 15.0 Å². The summed E-state index contributed by atoms with van der Waals surface area (Å²) >= 11 is 0. The fourth-order valence-corrected chi connectivity index (χ4v) is 2.96. The van der Waals surface area contributed by atoms with E-state index in [1.807, 2.05) is 0 Å². The van der Waals surface area contributed by atoms with Crippen molar-refractivity contribution in [1.82, 2.24) is 4.98 Å². The van der Waals surface area contributed by atoms with E-state index in [0.29, 0.717) is 22.8 Å². The molecule has 140 valence electrons. The Hall–Kier alpha value is -2.96. The van der Waals surface area contributed by atoms with Crippen molar-refractivity contribution in [3.63, 3.8) is 0 Å². The number of H-pyrrole nitrogens is 1. The van der Waals surface area contributed by atoms with E-state index >= 15 is 0 Å². The highest BCUT2D eigenvalue weighted by molar-refractivity contribution is 5.72. The number of hydrogen-bond donors (Lipinski definition) is 2. The van der Waals surface area contributed by atoms with Crippen LogP contribution in [0.1, 0.15) is 36.1 Å². The van der Waals surface area contributed by atoms with Crippen LogP contribution in [0.3, 0.4) is 0 Å². The van der Waals surface area contributed by atoms with Crippen LogP contribution in [0.5, 0.6) is 17.2 Å². The lowest BCUT2D eigenvalue weighted by atomic mass is 9.87. The lowest BCUT2D eigenvalue weighted by molar-refractivity contribution is -0.143. The predicted octanol–water partition coefficient (Wildman–Crippen LogP) is 2.49. The van der Waals surface area contributed by atoms with Gasteiger partial charge in [0.25, 0.3) is 5.56 Å². The first-order valence-corrected chi connectivity index (χ1v) is 8.22. The molecule has 0 bridgehead atoms. The van der Waals surface area contributed by atoms with E-state index in [9.17, 15) is 14.7 Å². The number of benzene rings is 1. The first-order valence-electron chi connectivity index (χ1n) is 8.22. The highest BCUT2D eigenvalue weighted by Gasteiger charge is 2.29. The van der Waals surface area contributed by atoms with Gasteiger partial charge in [-0.1, -0.05) is 12.1 Å². The molecule has 7 nitrogen and oxygen atoms in total. The molecule has 0 radical (unpaired) electrons. The summed E-state index contributed by atoms with van der Waals surface area (Å²) in [5, 5.41) is 10.4. The van der Waals surface area contributed by atoms with Crippen LogP contribution in [-0.2, 0) is 9.53 Å². The Balaban J connectivity index is 2.67. The minimum absolute atomic E-state index is 0.0789. The number of ether oxygens (including phenoxy) is 3. The Bertz CT molecular complexity index is 842. The van der Waals surface area contributed by atoms with Gasteiger partial charge < -0.3 is 24.3 Å². The van der Waals surface area contributed by atoms with E-state index in [4.69, 9.17) is 14.2 Å². The molecule has 0 aliphatic carbocycles. The van der Waals surface area contributed by atoms with Gasteiger partial charge in [0.2, 0.25) is 0 Å². The lowest BCUT2D eigenvalue weighted by Crippen LogP contribution is -2.21. The van der Waals surface area contributed by atoms with Crippen LogP contribution in [0.25, 0.3) is 0 Å². The molecule has 0 aliphatic heterocycles. The molecule has 0 aliphatic rings. The largest absolute Gasteiger partial charge is 0.507 e. The van der Waals surface area contributed by atoms with Gasteiger partial charge in [0.15, 0.2) is 11.5 Å². The van der Waals surface area contributed by atoms with E-state index in [2.05, 4.69) is 4.98 Å². The number of aromatic amines is 1. The number of para-hydroxylation sites is 1. The van der Waals surface area contributed by atoms with Crippen LogP contribution in [0.2, 0.25) is 0 Å². The Kier molecular flexibility index (Phi) is 6.27. The molecule has 1 heterocycles. The molecule has 0 amide bonds. The fourth-order valence-electron chi connectivity index (χ4n) is 2.96. The number of carbonyl (C=O) groups excluding carboxylic acids is 1. The average Bonchev–Trinajstić information content (AvgIpc) is 2.59. The van der Waals surface area contributed by atoms with Crippen LogP contribution in [0.4, 0.5) is 0 Å². The van der Waals surface area contributed by atoms with Crippen LogP contribution in [-0.4, -0.2) is 36.9 Å². The number of esters is 1. The maximum Gasteiger partial charge on any atom is 0.306 e. The van der Waals surface area contributed by atoms with E-state index in [0.717, 1.165) is 0 Å². The number of hydrogen-bond acceptors (Lipinski definition) is 6. The van der Waals surface area contributed by atoms with Crippen LogP contribution in [0, 0.1) is 6.92 Å². The second kappa shape index (κ2) is 8.42. The second-order valence-corrected chi connectivity index (χ2v) is 5.72. The summed E-state index contributed by atoms with van der Waals surface area (Å²) in [6.45, 7) is 3.59. The Morgan fingerprint density at radius 2 is 2.00 bits per heavy atom. The molecule has 2 N–H and O–H groups in total. The zero-order valence-corrected chi connectivity index (χ0v) is 15.3. The second-order valence-electron chi connectivity index (χ2n) is 5.72. The molecule has 2 aromatic rings. The molecule has 26 heavy (non-hydrogen) atoms. The summed E-state index contributed by atoms with van der Waals surface area (Å²) in [6, 6.07) is 6.61. The summed E-state index contributed by atoms with van der Waals surface area (Å²) < 4.78 is 15.8. The summed E-state index contributed by atoms with van der Waals surface area (Å²) in [4.78, 5) is 27.3. The molecule has 1 aromatic carbocycles. The van der Waals surface area contributed by atoms with Gasteiger partial charge in [-0.05, 0) is 26.0 Å². The molecule has 7 heteroatoms. The maximum absolute atomic E-state index is 12.5. The van der Waals surface area contributed by atoms with E-state index in [1.54, 1.807) is 32.0 Å². The van der Waals surface area contributed by atoms with Crippen molar-refractivity contribution in [2.75, 3.05) is 20.8 Å². The van der Waals surface area contributed by atoms with Crippen molar-refractivity contribution >= 4 is 5.97 Å². The molecular formula is C19H23NO6. The van der Waals surface area contributed by atoms with Gasteiger partial charge in [0, 0.05) is 17.2 Å². The predicted molar refractivity (Wildman–Crippen MR) is 96.1 cm³/mol. The summed E-state index contributed by atoms with van der Waals surface area (Å²) in [5.74, 6) is -0.582. The number of aromatic nitrogens is 1. The normalized spacial score (nSPS) is 11.7. The zero-order valence-electron chi connectivity index (χ0n) is 15.3. The monoisotopic (exact) mass is 361 g/mol. The SMILES string of the molecule is CCOC(=O)C[C@@H](c1cccc(OC)c1OC)c1c(O)cc(C)[nH]c1=O. The summed E-state index contributed by atoms with van der Waals surface area (Å²) in [5.41, 5.74) is 0.671. The lowest BCUT2D eigenvalue weighted by Gasteiger charge is -2.21. The van der Waals surface area contributed by atoms with Crippen molar-refractivity contribution < 1.29 is 24.1 Å². The van der Waals surface area contributed by atoms with Crippen LogP contribution >= 0.6 is 0 Å². The van der Waals surface area contributed by atoms with Gasteiger partial charge in [-0.2, -0.15) is 0 Å². The molecule has 1 atom stereocenters. The van der Waals surface area contributed by atoms with Crippen molar-refractivity contribution in [3.05, 3.63) is 51.4 Å². The van der Waals surface area contributed by atoms with Crippen molar-refractivity contribution in [2.45, 2.75) is 26.2 Å². The van der Waals surface area contributed by atoms with Crippen molar-refractivity contribution in [2.24, 2.45) is 0 Å². The number of methoxy groups -OCH3 is 2. The number of pyridine rings is 1. The van der Waals surface area contributed by atoms with Gasteiger partial charge >= 0.3 is 5.97 Å². The molecule has 0 fully saturated rings. The van der Waals surface area contributed by atoms with Gasteiger partial charge in [0.1, 0.15) is 5.75 Å². The van der Waals surface area contributed by atoms with Crippen molar-refractivity contribution in [1.29, 1.82) is 0 Å². The number of aromatic hydroxyl groups is 1. The molecule has 2 rings (SSSR count). The average molecular weight is 361 g/mol. The highest BCUT2D eigenvalue weighted by Crippen LogP contribution is 2.41. The molecule has 0 saturated carbocycles. The fraction of sp³-hybridized carbons (Fsp3) is 0.368. The topological polar surface area (TPSA) is 97.8 Å². The minimum Gasteiger partial charge on any atom is -0.507 e. The van der Waals surface area contributed by atoms with Crippen LogP contribution in [0.15, 0.2) is 29.1 Å². The van der Waals surface area contributed by atoms with Crippen molar-refractivity contribution in [3.8, 4) is 17.2 Å². The van der Waals surface area contributed by atoms with Gasteiger partial charge in [0.05, 0.1) is 32.8 Å². The molecule has 1 aromatic heterocycles. The van der Waals surface area contributed by atoms with Gasteiger partial charge in [-0.25, -0.2) is 0 Å². The third-order valence-corrected chi connectivity index (χ3v) is 4.02. The van der Waals surface area contributed by atoms with Gasteiger partial charge in [-0.3, -0.25) is 9.59 Å². The quantitative estimate of drug-likeness (QED) is 0.735. The van der Waals surface area contributed by atoms with Gasteiger partial charge in [-0.15, -0.1) is 0 Å². The number of rotatable bonds is 7. The standard InChI is InChI=1S/C19H23NO6/c1-5-26-16(22)10-13(17-14(21)9-11(2)20-19(17)23)12-7-6-8-15(24-3)18(12)25-4/h6-9,13H,5,10H2,1-4H3,(H2,20,21,23)/t13-/m0/s1. The third-order valence-electron chi connectivity index (χ3n) is 4.02. The Morgan fingerprint density at radius 3 is 2.58 bits per heavy atom.